The molecule has 0 spiro atoms. The van der Waals surface area contributed by atoms with Crippen molar-refractivity contribution in [2.24, 2.45) is 0 Å². The van der Waals surface area contributed by atoms with Gasteiger partial charge in [-0.2, -0.15) is 0 Å². The molecule has 0 aliphatic carbocycles. The average Bonchev–Trinajstić information content (AvgIpc) is 2.67. The van der Waals surface area contributed by atoms with E-state index in [2.05, 4.69) is 25.6 Å². The van der Waals surface area contributed by atoms with Gasteiger partial charge in [-0.15, -0.1) is 12.4 Å². The average molecular weight is 406 g/mol. The van der Waals surface area contributed by atoms with Gasteiger partial charge in [0.25, 0.3) is 0 Å². The first-order valence-electron chi connectivity index (χ1n) is 8.45. The fourth-order valence-corrected chi connectivity index (χ4v) is 2.44. The largest absolute Gasteiger partial charge is 0.491 e. The molecule has 2 heterocycles. The van der Waals surface area contributed by atoms with Gasteiger partial charge < -0.3 is 20.5 Å². The Morgan fingerprint density at radius 1 is 1.11 bits per heavy atom. The lowest BCUT2D eigenvalue weighted by molar-refractivity contribution is 0.201. The number of aromatic nitrogens is 3. The zero-order valence-electron chi connectivity index (χ0n) is 15.2. The van der Waals surface area contributed by atoms with Crippen LogP contribution in [0.3, 0.4) is 0 Å². The molecule has 0 aliphatic heterocycles. The van der Waals surface area contributed by atoms with Crippen molar-refractivity contribution < 1.29 is 14.2 Å². The van der Waals surface area contributed by atoms with E-state index >= 15 is 0 Å². The minimum absolute atomic E-state index is 0. The predicted molar refractivity (Wildman–Crippen MR) is 108 cm³/mol. The molecule has 2 aromatic heterocycles. The monoisotopic (exact) mass is 405 g/mol. The van der Waals surface area contributed by atoms with E-state index < -0.39 is 0 Å². The Bertz CT molecular complexity index is 868. The van der Waals surface area contributed by atoms with Crippen LogP contribution in [0.2, 0.25) is 0 Å². The van der Waals surface area contributed by atoms with Gasteiger partial charge in [-0.05, 0) is 24.6 Å². The molecular formula is C19H21ClFN5O2. The van der Waals surface area contributed by atoms with Crippen molar-refractivity contribution in [1.82, 2.24) is 15.0 Å². The van der Waals surface area contributed by atoms with Crippen LogP contribution >= 0.6 is 12.4 Å². The predicted octanol–water partition coefficient (Wildman–Crippen LogP) is 3.72. The molecule has 148 valence electrons. The van der Waals surface area contributed by atoms with Gasteiger partial charge in [0.1, 0.15) is 35.6 Å². The standard InChI is InChI=1S/C19H20FN5O2.ClH/c1-13(14-2-4-15(20)5-3-14)23-17-10-16(27-9-8-26)11-18(24-17)25-19-12-21-6-7-22-19;/h2-7,10-13,26H,8-9H2,1H3,(H2,22,23,24,25);1H/t13-;/m0./s1. The third-order valence-electron chi connectivity index (χ3n) is 3.71. The van der Waals surface area contributed by atoms with Gasteiger partial charge in [0.15, 0.2) is 0 Å². The van der Waals surface area contributed by atoms with Crippen molar-refractivity contribution in [2.45, 2.75) is 13.0 Å². The Labute approximate surface area is 168 Å². The van der Waals surface area contributed by atoms with Gasteiger partial charge in [-0.25, -0.2) is 14.4 Å². The molecule has 0 saturated heterocycles. The number of anilines is 3. The van der Waals surface area contributed by atoms with E-state index in [9.17, 15) is 4.39 Å². The number of nitrogens with one attached hydrogen (secondary N) is 2. The lowest BCUT2D eigenvalue weighted by Gasteiger charge is -2.17. The second kappa shape index (κ2) is 10.4. The summed E-state index contributed by atoms with van der Waals surface area (Å²) in [4.78, 5) is 12.7. The number of nitrogens with zero attached hydrogens (tertiary/aromatic N) is 3. The Hall–Kier alpha value is -2.97. The lowest BCUT2D eigenvalue weighted by Crippen LogP contribution is -2.10. The second-order valence-corrected chi connectivity index (χ2v) is 5.78. The Morgan fingerprint density at radius 3 is 2.54 bits per heavy atom. The topological polar surface area (TPSA) is 92.2 Å². The molecule has 9 heteroatoms. The van der Waals surface area contributed by atoms with Crippen molar-refractivity contribution in [3.63, 3.8) is 0 Å². The van der Waals surface area contributed by atoms with Crippen molar-refractivity contribution in [2.75, 3.05) is 23.8 Å². The lowest BCUT2D eigenvalue weighted by atomic mass is 10.1. The summed E-state index contributed by atoms with van der Waals surface area (Å²) in [5.74, 6) is 1.88. The van der Waals surface area contributed by atoms with Crippen molar-refractivity contribution in [3.05, 3.63) is 66.4 Å². The number of aliphatic hydroxyl groups excluding tert-OH is 1. The van der Waals surface area contributed by atoms with Crippen LogP contribution in [0.5, 0.6) is 5.75 Å². The number of aliphatic hydroxyl groups is 1. The molecule has 28 heavy (non-hydrogen) atoms. The Kier molecular flexibility index (Phi) is 7.91. The van der Waals surface area contributed by atoms with Crippen LogP contribution in [0.4, 0.5) is 21.8 Å². The van der Waals surface area contributed by atoms with E-state index in [1.54, 1.807) is 42.9 Å². The van der Waals surface area contributed by atoms with Gasteiger partial charge in [0.05, 0.1) is 12.8 Å². The smallest absolute Gasteiger partial charge is 0.150 e. The molecule has 1 aromatic carbocycles. The van der Waals surface area contributed by atoms with Crippen LogP contribution in [0, 0.1) is 5.82 Å². The first kappa shape index (κ1) is 21.3. The zero-order valence-corrected chi connectivity index (χ0v) is 16.0. The summed E-state index contributed by atoms with van der Waals surface area (Å²) in [6.45, 7) is 2.03. The summed E-state index contributed by atoms with van der Waals surface area (Å²) in [5.41, 5.74) is 0.920. The minimum atomic E-state index is -0.279. The molecule has 3 rings (SSSR count). The molecule has 1 atom stereocenters. The number of halogens is 2. The number of benzene rings is 1. The van der Waals surface area contributed by atoms with E-state index in [-0.39, 0.29) is 37.5 Å². The van der Waals surface area contributed by atoms with Gasteiger partial charge in [-0.3, -0.25) is 4.98 Å². The van der Waals surface area contributed by atoms with Gasteiger partial charge in [0.2, 0.25) is 0 Å². The summed E-state index contributed by atoms with van der Waals surface area (Å²) in [6.07, 6.45) is 4.73. The maximum absolute atomic E-state index is 13.1. The number of ether oxygens (including phenoxy) is 1. The number of pyridine rings is 1. The summed E-state index contributed by atoms with van der Waals surface area (Å²) in [7, 11) is 0. The van der Waals surface area contributed by atoms with Gasteiger partial charge in [0, 0.05) is 30.6 Å². The molecule has 0 fully saturated rings. The SMILES string of the molecule is C[C@H](Nc1cc(OCCO)cc(Nc2cnccn2)n1)c1ccc(F)cc1.Cl. The highest BCUT2D eigenvalue weighted by atomic mass is 35.5. The van der Waals surface area contributed by atoms with Crippen molar-refractivity contribution in [1.29, 1.82) is 0 Å². The van der Waals surface area contributed by atoms with E-state index in [0.717, 1.165) is 5.56 Å². The number of rotatable bonds is 8. The molecule has 0 amide bonds. The highest BCUT2D eigenvalue weighted by molar-refractivity contribution is 5.85. The molecule has 0 aliphatic rings. The maximum Gasteiger partial charge on any atom is 0.150 e. The third-order valence-corrected chi connectivity index (χ3v) is 3.71. The molecule has 0 radical (unpaired) electrons. The van der Waals surface area contributed by atoms with E-state index in [1.807, 2.05) is 6.92 Å². The van der Waals surface area contributed by atoms with Crippen LogP contribution < -0.4 is 15.4 Å². The molecule has 0 bridgehead atoms. The highest BCUT2D eigenvalue weighted by Gasteiger charge is 2.10. The van der Waals surface area contributed by atoms with E-state index in [1.165, 1.54) is 12.1 Å². The second-order valence-electron chi connectivity index (χ2n) is 5.78. The molecular weight excluding hydrogens is 385 g/mol. The van der Waals surface area contributed by atoms with Crippen LogP contribution in [0.15, 0.2) is 55.0 Å². The fourth-order valence-electron chi connectivity index (χ4n) is 2.44. The zero-order chi connectivity index (χ0) is 19.1. The highest BCUT2D eigenvalue weighted by Crippen LogP contribution is 2.26. The maximum atomic E-state index is 13.1. The van der Waals surface area contributed by atoms with Gasteiger partial charge >= 0.3 is 0 Å². The van der Waals surface area contributed by atoms with E-state index in [0.29, 0.717) is 23.2 Å². The van der Waals surface area contributed by atoms with Crippen LogP contribution in [0.1, 0.15) is 18.5 Å². The quantitative estimate of drug-likeness (QED) is 0.526. The third kappa shape index (κ3) is 6.04. The Morgan fingerprint density at radius 2 is 1.86 bits per heavy atom. The van der Waals surface area contributed by atoms with Crippen molar-refractivity contribution in [3.8, 4) is 5.75 Å². The van der Waals surface area contributed by atoms with Crippen LogP contribution in [0.25, 0.3) is 0 Å². The summed E-state index contributed by atoms with van der Waals surface area (Å²) < 4.78 is 18.6. The van der Waals surface area contributed by atoms with Gasteiger partial charge in [-0.1, -0.05) is 12.1 Å². The summed E-state index contributed by atoms with van der Waals surface area (Å²) in [6, 6.07) is 9.62. The fraction of sp³-hybridized carbons (Fsp3) is 0.211. The van der Waals surface area contributed by atoms with E-state index in [4.69, 9.17) is 9.84 Å². The molecule has 0 unspecified atom stereocenters. The Balaban J connectivity index is 0.00000280. The first-order chi connectivity index (χ1) is 13.1. The van der Waals surface area contributed by atoms with Crippen LogP contribution in [-0.2, 0) is 0 Å². The minimum Gasteiger partial charge on any atom is -0.491 e. The molecule has 7 nitrogen and oxygen atoms in total. The summed E-state index contributed by atoms with van der Waals surface area (Å²) in [5, 5.41) is 15.3. The molecule has 3 N–H and O–H groups in total. The normalized spacial score (nSPS) is 11.2. The van der Waals surface area contributed by atoms with Crippen molar-refractivity contribution >= 4 is 29.9 Å². The summed E-state index contributed by atoms with van der Waals surface area (Å²) >= 11 is 0. The van der Waals surface area contributed by atoms with Crippen LogP contribution in [-0.4, -0.2) is 33.3 Å². The number of hydrogen-bond donors (Lipinski definition) is 3. The first-order valence-corrected chi connectivity index (χ1v) is 8.45. The molecule has 0 saturated carbocycles. The number of hydrogen-bond acceptors (Lipinski definition) is 7. The molecule has 3 aromatic rings.